The van der Waals surface area contributed by atoms with Crippen LogP contribution in [0, 0.1) is 0 Å². The molecule has 4 heteroatoms. The lowest BCUT2D eigenvalue weighted by molar-refractivity contribution is -0.142. The summed E-state index contributed by atoms with van der Waals surface area (Å²) in [4.78, 5) is 16.2. The number of hydrogen-bond acceptors (Lipinski definition) is 4. The van der Waals surface area contributed by atoms with Crippen LogP contribution in [0.2, 0.25) is 0 Å². The molecule has 0 aliphatic carbocycles. The molecule has 1 atom stereocenters. The highest BCUT2D eigenvalue weighted by Crippen LogP contribution is 2.22. The topological polar surface area (TPSA) is 32.8 Å². The van der Waals surface area contributed by atoms with Crippen molar-refractivity contribution in [2.45, 2.75) is 45.2 Å². The van der Waals surface area contributed by atoms with Gasteiger partial charge in [0.25, 0.3) is 0 Å². The van der Waals surface area contributed by atoms with Crippen LogP contribution in [0.15, 0.2) is 0 Å². The molecule has 0 aromatic rings. The fourth-order valence-corrected chi connectivity index (χ4v) is 2.58. The molecule has 0 N–H and O–H groups in total. The molecular formula is C13H26N2O2. The van der Waals surface area contributed by atoms with E-state index in [0.29, 0.717) is 6.42 Å². The summed E-state index contributed by atoms with van der Waals surface area (Å²) in [6.07, 6.45) is 1.64. The molecule has 1 unspecified atom stereocenters. The molecule has 1 rings (SSSR count). The summed E-state index contributed by atoms with van der Waals surface area (Å²) >= 11 is 0. The maximum atomic E-state index is 11.5. The van der Waals surface area contributed by atoms with Crippen LogP contribution in [0.3, 0.4) is 0 Å². The summed E-state index contributed by atoms with van der Waals surface area (Å²) in [6, 6.07) is 0.259. The lowest BCUT2D eigenvalue weighted by Crippen LogP contribution is -2.51. The quantitative estimate of drug-likeness (QED) is 0.684. The number of hydrogen-bond donors (Lipinski definition) is 0. The Balaban J connectivity index is 2.78. The zero-order valence-electron chi connectivity index (χ0n) is 11.8. The second-order valence-electron chi connectivity index (χ2n) is 5.91. The molecule has 1 aliphatic rings. The Morgan fingerprint density at radius 3 is 2.53 bits per heavy atom. The average Bonchev–Trinajstić information content (AvgIpc) is 2.38. The van der Waals surface area contributed by atoms with E-state index in [-0.39, 0.29) is 17.6 Å². The molecule has 17 heavy (non-hydrogen) atoms. The Morgan fingerprint density at radius 2 is 2.00 bits per heavy atom. The number of rotatable bonds is 2. The number of nitrogens with zero attached hydrogens (tertiary/aromatic N) is 2. The van der Waals surface area contributed by atoms with Gasteiger partial charge in [-0.2, -0.15) is 0 Å². The predicted octanol–water partition coefficient (Wildman–Crippen LogP) is 1.35. The summed E-state index contributed by atoms with van der Waals surface area (Å²) in [5.74, 6) is -0.112. The van der Waals surface area contributed by atoms with Crippen molar-refractivity contribution in [1.29, 1.82) is 0 Å². The lowest BCUT2D eigenvalue weighted by Gasteiger charge is -2.40. The van der Waals surface area contributed by atoms with Gasteiger partial charge in [0.15, 0.2) is 0 Å². The molecule has 0 aromatic carbocycles. The van der Waals surface area contributed by atoms with E-state index in [1.807, 2.05) is 0 Å². The smallest absolute Gasteiger partial charge is 0.307 e. The van der Waals surface area contributed by atoms with E-state index in [1.54, 1.807) is 0 Å². The van der Waals surface area contributed by atoms with Gasteiger partial charge in [-0.05, 0) is 40.8 Å². The van der Waals surface area contributed by atoms with Crippen LogP contribution in [0.25, 0.3) is 0 Å². The maximum Gasteiger partial charge on any atom is 0.307 e. The minimum absolute atomic E-state index is 0.101. The Morgan fingerprint density at radius 1 is 1.35 bits per heavy atom. The average molecular weight is 242 g/mol. The highest BCUT2D eigenvalue weighted by molar-refractivity contribution is 5.70. The zero-order chi connectivity index (χ0) is 13.1. The summed E-state index contributed by atoms with van der Waals surface area (Å²) in [5, 5.41) is 0. The van der Waals surface area contributed by atoms with Crippen LogP contribution in [-0.4, -0.2) is 61.1 Å². The summed E-state index contributed by atoms with van der Waals surface area (Å²) in [6.45, 7) is 9.72. The van der Waals surface area contributed by atoms with E-state index in [9.17, 15) is 4.79 Å². The number of esters is 1. The van der Waals surface area contributed by atoms with Gasteiger partial charge in [-0.3, -0.25) is 9.69 Å². The van der Waals surface area contributed by atoms with Gasteiger partial charge in [-0.25, -0.2) is 0 Å². The van der Waals surface area contributed by atoms with Crippen LogP contribution in [0.4, 0.5) is 0 Å². The standard InChI is InChI=1S/C13H26N2O2/c1-13(2,3)15-8-6-7-14(4)10-11(15)9-12(16)17-5/h11H,6-10H2,1-5H3. The van der Waals surface area contributed by atoms with Crippen molar-refractivity contribution in [3.63, 3.8) is 0 Å². The second-order valence-corrected chi connectivity index (χ2v) is 5.91. The molecule has 0 bridgehead atoms. The van der Waals surface area contributed by atoms with E-state index in [2.05, 4.69) is 37.6 Å². The number of carbonyl (C=O) groups excluding carboxylic acids is 1. The van der Waals surface area contributed by atoms with Crippen LogP contribution >= 0.6 is 0 Å². The second kappa shape index (κ2) is 5.83. The third-order valence-electron chi connectivity index (χ3n) is 3.39. The van der Waals surface area contributed by atoms with Gasteiger partial charge in [-0.1, -0.05) is 0 Å². The van der Waals surface area contributed by atoms with Crippen LogP contribution in [-0.2, 0) is 9.53 Å². The first-order valence-electron chi connectivity index (χ1n) is 6.36. The molecule has 1 fully saturated rings. The first-order chi connectivity index (χ1) is 7.84. The molecule has 4 nitrogen and oxygen atoms in total. The fourth-order valence-electron chi connectivity index (χ4n) is 2.58. The molecule has 0 amide bonds. The van der Waals surface area contributed by atoms with Crippen LogP contribution < -0.4 is 0 Å². The normalized spacial score (nSPS) is 24.4. The Hall–Kier alpha value is -0.610. The Labute approximate surface area is 105 Å². The largest absolute Gasteiger partial charge is 0.469 e. The highest BCUT2D eigenvalue weighted by Gasteiger charge is 2.32. The predicted molar refractivity (Wildman–Crippen MR) is 69.0 cm³/mol. The number of carbonyl (C=O) groups is 1. The summed E-state index contributed by atoms with van der Waals surface area (Å²) in [5.41, 5.74) is 0.101. The molecule has 1 saturated heterocycles. The number of ether oxygens (including phenoxy) is 1. The van der Waals surface area contributed by atoms with Gasteiger partial charge in [0, 0.05) is 24.7 Å². The molecule has 1 aliphatic heterocycles. The molecule has 0 radical (unpaired) electrons. The molecule has 100 valence electrons. The SMILES string of the molecule is COC(=O)CC1CN(C)CCCN1C(C)(C)C. The third kappa shape index (κ3) is 4.28. The lowest BCUT2D eigenvalue weighted by atomic mass is 10.0. The van der Waals surface area contributed by atoms with Crippen molar-refractivity contribution >= 4 is 5.97 Å². The van der Waals surface area contributed by atoms with Gasteiger partial charge in [-0.15, -0.1) is 0 Å². The summed E-state index contributed by atoms with van der Waals surface area (Å²) in [7, 11) is 3.58. The third-order valence-corrected chi connectivity index (χ3v) is 3.39. The minimum atomic E-state index is -0.112. The summed E-state index contributed by atoms with van der Waals surface area (Å²) < 4.78 is 4.81. The first-order valence-corrected chi connectivity index (χ1v) is 6.36. The van der Waals surface area contributed by atoms with E-state index in [1.165, 1.54) is 7.11 Å². The van der Waals surface area contributed by atoms with Crippen molar-refractivity contribution in [2.24, 2.45) is 0 Å². The molecular weight excluding hydrogens is 216 g/mol. The monoisotopic (exact) mass is 242 g/mol. The maximum absolute atomic E-state index is 11.5. The van der Waals surface area contributed by atoms with E-state index < -0.39 is 0 Å². The van der Waals surface area contributed by atoms with Crippen molar-refractivity contribution in [3.8, 4) is 0 Å². The molecule has 0 spiro atoms. The first kappa shape index (κ1) is 14.5. The van der Waals surface area contributed by atoms with Crippen molar-refractivity contribution < 1.29 is 9.53 Å². The molecule has 1 heterocycles. The fraction of sp³-hybridized carbons (Fsp3) is 0.923. The molecule has 0 saturated carbocycles. The van der Waals surface area contributed by atoms with Gasteiger partial charge >= 0.3 is 5.97 Å². The van der Waals surface area contributed by atoms with E-state index in [4.69, 9.17) is 4.74 Å². The van der Waals surface area contributed by atoms with E-state index >= 15 is 0 Å². The van der Waals surface area contributed by atoms with Crippen molar-refractivity contribution in [1.82, 2.24) is 9.80 Å². The van der Waals surface area contributed by atoms with Gasteiger partial charge in [0.1, 0.15) is 0 Å². The van der Waals surface area contributed by atoms with Crippen molar-refractivity contribution in [2.75, 3.05) is 33.8 Å². The van der Waals surface area contributed by atoms with Gasteiger partial charge in [0.2, 0.25) is 0 Å². The van der Waals surface area contributed by atoms with Crippen molar-refractivity contribution in [3.05, 3.63) is 0 Å². The van der Waals surface area contributed by atoms with Gasteiger partial charge in [0.05, 0.1) is 13.5 Å². The van der Waals surface area contributed by atoms with Crippen LogP contribution in [0.1, 0.15) is 33.6 Å². The Kier molecular flexibility index (Phi) is 4.95. The highest BCUT2D eigenvalue weighted by atomic mass is 16.5. The zero-order valence-corrected chi connectivity index (χ0v) is 11.8. The minimum Gasteiger partial charge on any atom is -0.469 e. The number of likely N-dealkylation sites (N-methyl/N-ethyl adjacent to an activating group) is 1. The van der Waals surface area contributed by atoms with Crippen LogP contribution in [0.5, 0.6) is 0 Å². The number of methoxy groups -OCH3 is 1. The van der Waals surface area contributed by atoms with E-state index in [0.717, 1.165) is 26.1 Å². The molecule has 0 aromatic heterocycles. The Bertz CT molecular complexity index is 261. The van der Waals surface area contributed by atoms with Gasteiger partial charge < -0.3 is 9.64 Å².